The number of ether oxygens (including phenoxy) is 2. The minimum absolute atomic E-state index is 0.00519. The minimum Gasteiger partial charge on any atom is -0.497 e. The van der Waals surface area contributed by atoms with Gasteiger partial charge in [0.25, 0.3) is 0 Å². The summed E-state index contributed by atoms with van der Waals surface area (Å²) in [5, 5.41) is 2.39. The van der Waals surface area contributed by atoms with Crippen LogP contribution in [0, 0.1) is 0 Å². The number of hydrogen-bond donors (Lipinski definition) is 1. The quantitative estimate of drug-likeness (QED) is 0.289. The summed E-state index contributed by atoms with van der Waals surface area (Å²) >= 11 is 12.9. The molecule has 3 aromatic carbocycles. The zero-order chi connectivity index (χ0) is 30.5. The van der Waals surface area contributed by atoms with Crippen molar-refractivity contribution in [2.75, 3.05) is 33.9 Å². The highest BCUT2D eigenvalue weighted by Crippen LogP contribution is 2.46. The van der Waals surface area contributed by atoms with Crippen LogP contribution in [0.2, 0.25) is 10.0 Å². The molecule has 44 heavy (non-hydrogen) atoms. The van der Waals surface area contributed by atoms with Crippen LogP contribution in [0.3, 0.4) is 0 Å². The van der Waals surface area contributed by atoms with Crippen LogP contribution >= 0.6 is 23.2 Å². The molecular formula is C34H34Cl2N4O4. The van der Waals surface area contributed by atoms with Gasteiger partial charge < -0.3 is 24.3 Å². The van der Waals surface area contributed by atoms with Gasteiger partial charge in [0.15, 0.2) is 0 Å². The second kappa shape index (κ2) is 11.7. The van der Waals surface area contributed by atoms with Crippen molar-refractivity contribution in [1.29, 1.82) is 0 Å². The Morgan fingerprint density at radius 2 is 1.68 bits per heavy atom. The highest BCUT2D eigenvalue weighted by atomic mass is 35.5. The van der Waals surface area contributed by atoms with Crippen molar-refractivity contribution in [2.45, 2.75) is 43.9 Å². The number of rotatable bonds is 6. The SMILES string of the molecule is COc1ccc([C@H]2c3[nH]c4ccccc4c3CC3C(=O)N(C4CCN(Cc5c(Cl)cccc5Cl)CC4)CC(=O)N32)c(OC)c1. The summed E-state index contributed by atoms with van der Waals surface area (Å²) < 4.78 is 11.3. The highest BCUT2D eigenvalue weighted by Gasteiger charge is 2.50. The van der Waals surface area contributed by atoms with Gasteiger partial charge in [0.2, 0.25) is 11.8 Å². The van der Waals surface area contributed by atoms with Crippen molar-refractivity contribution in [3.63, 3.8) is 0 Å². The van der Waals surface area contributed by atoms with Crippen LogP contribution in [-0.2, 0) is 22.6 Å². The van der Waals surface area contributed by atoms with Crippen LogP contribution in [0.1, 0.15) is 41.3 Å². The number of nitrogens with one attached hydrogen (secondary N) is 1. The fourth-order valence-corrected chi connectivity index (χ4v) is 7.78. The molecule has 3 aliphatic rings. The first-order valence-electron chi connectivity index (χ1n) is 15.0. The number of aromatic nitrogens is 1. The Morgan fingerprint density at radius 3 is 2.41 bits per heavy atom. The molecule has 8 nitrogen and oxygen atoms in total. The molecule has 0 saturated carbocycles. The molecule has 2 saturated heterocycles. The second-order valence-electron chi connectivity index (χ2n) is 11.8. The van der Waals surface area contributed by atoms with Crippen molar-refractivity contribution < 1.29 is 19.1 Å². The normalized spacial score (nSPS) is 21.0. The van der Waals surface area contributed by atoms with Gasteiger partial charge in [-0.15, -0.1) is 0 Å². The van der Waals surface area contributed by atoms with E-state index in [4.69, 9.17) is 32.7 Å². The first-order valence-corrected chi connectivity index (χ1v) is 15.7. The average Bonchev–Trinajstić information content (AvgIpc) is 3.42. The van der Waals surface area contributed by atoms with Crippen LogP contribution in [0.5, 0.6) is 11.5 Å². The molecule has 1 aromatic heterocycles. The van der Waals surface area contributed by atoms with E-state index in [1.165, 1.54) is 0 Å². The summed E-state index contributed by atoms with van der Waals surface area (Å²) in [6.45, 7) is 2.29. The van der Waals surface area contributed by atoms with Gasteiger partial charge in [0, 0.05) is 75.9 Å². The molecule has 7 rings (SSSR count). The lowest BCUT2D eigenvalue weighted by Crippen LogP contribution is -2.65. The summed E-state index contributed by atoms with van der Waals surface area (Å²) in [6, 6.07) is 18.2. The monoisotopic (exact) mass is 632 g/mol. The first kappa shape index (κ1) is 29.0. The molecule has 3 aliphatic heterocycles. The maximum absolute atomic E-state index is 14.4. The van der Waals surface area contributed by atoms with Crippen LogP contribution in [0.25, 0.3) is 10.9 Å². The maximum Gasteiger partial charge on any atom is 0.246 e. The molecular weight excluding hydrogens is 599 g/mol. The molecule has 0 aliphatic carbocycles. The molecule has 2 amide bonds. The van der Waals surface area contributed by atoms with E-state index in [1.54, 1.807) is 19.1 Å². The number of H-pyrrole nitrogens is 1. The van der Waals surface area contributed by atoms with Gasteiger partial charge in [-0.05, 0) is 48.7 Å². The van der Waals surface area contributed by atoms with Gasteiger partial charge in [-0.25, -0.2) is 0 Å². The third kappa shape index (κ3) is 4.89. The highest BCUT2D eigenvalue weighted by molar-refractivity contribution is 6.36. The lowest BCUT2D eigenvalue weighted by molar-refractivity contribution is -0.161. The number of piperidine rings is 1. The molecule has 10 heteroatoms. The van der Waals surface area contributed by atoms with Crippen molar-refractivity contribution in [3.8, 4) is 11.5 Å². The van der Waals surface area contributed by atoms with E-state index < -0.39 is 12.1 Å². The number of carbonyl (C=O) groups is 2. The number of fused-ring (bicyclic) bond motifs is 4. The molecule has 0 bridgehead atoms. The second-order valence-corrected chi connectivity index (χ2v) is 12.6. The molecule has 0 radical (unpaired) electrons. The minimum atomic E-state index is -0.611. The molecule has 1 unspecified atom stereocenters. The Bertz CT molecular complexity index is 1730. The number of para-hydroxylation sites is 1. The molecule has 228 valence electrons. The van der Waals surface area contributed by atoms with Gasteiger partial charge in [-0.1, -0.05) is 47.5 Å². The zero-order valence-electron chi connectivity index (χ0n) is 24.7. The van der Waals surface area contributed by atoms with E-state index in [-0.39, 0.29) is 24.4 Å². The van der Waals surface area contributed by atoms with Gasteiger partial charge in [-0.3, -0.25) is 14.5 Å². The Kier molecular flexibility index (Phi) is 7.69. The molecule has 0 spiro atoms. The fourth-order valence-electron chi connectivity index (χ4n) is 7.26. The Labute approximate surface area is 266 Å². The summed E-state index contributed by atoms with van der Waals surface area (Å²) in [4.78, 5) is 38.1. The lowest BCUT2D eigenvalue weighted by Gasteiger charge is -2.49. The van der Waals surface area contributed by atoms with Gasteiger partial charge >= 0.3 is 0 Å². The number of carbonyl (C=O) groups excluding carboxylic acids is 2. The molecule has 1 N–H and O–H groups in total. The third-order valence-electron chi connectivity index (χ3n) is 9.47. The van der Waals surface area contributed by atoms with Crippen LogP contribution in [0.4, 0.5) is 0 Å². The Hall–Kier alpha value is -3.72. The number of hydrogen-bond acceptors (Lipinski definition) is 5. The topological polar surface area (TPSA) is 78.1 Å². The van der Waals surface area contributed by atoms with E-state index in [9.17, 15) is 9.59 Å². The van der Waals surface area contributed by atoms with Crippen molar-refractivity contribution in [3.05, 3.63) is 93.1 Å². The zero-order valence-corrected chi connectivity index (χ0v) is 26.2. The smallest absolute Gasteiger partial charge is 0.246 e. The van der Waals surface area contributed by atoms with Crippen molar-refractivity contribution in [2.24, 2.45) is 0 Å². The van der Waals surface area contributed by atoms with Crippen LogP contribution < -0.4 is 9.47 Å². The predicted octanol–water partition coefficient (Wildman–Crippen LogP) is 5.84. The summed E-state index contributed by atoms with van der Waals surface area (Å²) in [5.74, 6) is 1.20. The number of methoxy groups -OCH3 is 2. The first-order chi connectivity index (χ1) is 21.4. The van der Waals surface area contributed by atoms with Crippen LogP contribution in [0.15, 0.2) is 60.7 Å². The predicted molar refractivity (Wildman–Crippen MR) is 170 cm³/mol. The van der Waals surface area contributed by atoms with E-state index in [2.05, 4.69) is 16.0 Å². The molecule has 2 fully saturated rings. The van der Waals surface area contributed by atoms with Gasteiger partial charge in [0.1, 0.15) is 30.1 Å². The van der Waals surface area contributed by atoms with E-state index >= 15 is 0 Å². The number of nitrogens with zero attached hydrogens (tertiary/aromatic N) is 3. The van der Waals surface area contributed by atoms with Gasteiger partial charge in [-0.2, -0.15) is 0 Å². The Morgan fingerprint density at radius 1 is 0.932 bits per heavy atom. The fraction of sp³-hybridized carbons (Fsp3) is 0.353. The number of aromatic amines is 1. The maximum atomic E-state index is 14.4. The average molecular weight is 634 g/mol. The molecule has 4 heterocycles. The number of piperazine rings is 1. The Balaban J connectivity index is 1.19. The standard InChI is InChI=1S/C34H34Cl2N4O4/c1-43-21-10-11-23(30(16-21)44-2)33-32-24(22-6-3-4-9-28(22)37-32)17-29-34(42)39(19-31(41)40(29)33)20-12-14-38(15-13-20)18-25-26(35)7-5-8-27(25)36/h3-11,16,20,29,33,37H,12-15,17-19H2,1-2H3/t29?,33-/m0/s1. The summed E-state index contributed by atoms with van der Waals surface area (Å²) in [7, 11) is 3.22. The number of likely N-dealkylation sites (tertiary alicyclic amines) is 1. The number of amides is 2. The van der Waals surface area contributed by atoms with E-state index in [0.717, 1.165) is 59.2 Å². The number of halogens is 2. The third-order valence-corrected chi connectivity index (χ3v) is 10.2. The number of benzene rings is 3. The van der Waals surface area contributed by atoms with Crippen molar-refractivity contribution in [1.82, 2.24) is 19.7 Å². The molecule has 2 atom stereocenters. The van der Waals surface area contributed by atoms with Gasteiger partial charge in [0.05, 0.1) is 14.2 Å². The molecule has 4 aromatic rings. The largest absolute Gasteiger partial charge is 0.497 e. The summed E-state index contributed by atoms with van der Waals surface area (Å²) in [6.07, 6.45) is 2.02. The van der Waals surface area contributed by atoms with Crippen LogP contribution in [-0.4, -0.2) is 77.4 Å². The lowest BCUT2D eigenvalue weighted by atomic mass is 9.85. The van der Waals surface area contributed by atoms with Crippen molar-refractivity contribution >= 4 is 45.9 Å². The van der Waals surface area contributed by atoms with E-state index in [0.29, 0.717) is 34.5 Å². The summed E-state index contributed by atoms with van der Waals surface area (Å²) in [5.41, 5.74) is 4.71. The van der Waals surface area contributed by atoms with E-state index in [1.807, 2.05) is 59.5 Å².